The van der Waals surface area contributed by atoms with Gasteiger partial charge >= 0.3 is 0 Å². The summed E-state index contributed by atoms with van der Waals surface area (Å²) < 4.78 is 0. The Morgan fingerprint density at radius 2 is 2.06 bits per heavy atom. The number of nitrogens with one attached hydrogen (secondary N) is 1. The molecule has 0 aromatic carbocycles. The van der Waals surface area contributed by atoms with E-state index in [2.05, 4.69) is 5.32 Å². The van der Waals surface area contributed by atoms with Crippen LogP contribution in [0, 0.1) is 11.8 Å². The summed E-state index contributed by atoms with van der Waals surface area (Å²) in [7, 11) is 0. The molecule has 0 saturated carbocycles. The van der Waals surface area contributed by atoms with Crippen LogP contribution in [0.5, 0.6) is 0 Å². The molecular weight excluding hydrogens is 252 g/mol. The zero-order valence-corrected chi connectivity index (χ0v) is 12.2. The number of thioether (sulfide) groups is 1. The molecule has 1 amide bonds. The summed E-state index contributed by atoms with van der Waals surface area (Å²) in [5, 5.41) is 2.95. The van der Waals surface area contributed by atoms with Gasteiger partial charge in [-0.25, -0.2) is 0 Å². The number of rotatable bonds is 5. The largest absolute Gasteiger partial charge is 0.392 e. The highest BCUT2D eigenvalue weighted by atomic mass is 32.2. The van der Waals surface area contributed by atoms with Crippen molar-refractivity contribution in [3.8, 4) is 0 Å². The Hall–Kier alpha value is -0.290. The van der Waals surface area contributed by atoms with Crippen LogP contribution in [0.1, 0.15) is 33.1 Å². The number of nitrogens with two attached hydrogens (primary N) is 1. The van der Waals surface area contributed by atoms with Crippen molar-refractivity contribution in [1.82, 2.24) is 5.32 Å². The van der Waals surface area contributed by atoms with Crippen LogP contribution in [-0.2, 0) is 4.79 Å². The molecule has 0 radical (unpaired) electrons. The van der Waals surface area contributed by atoms with Crippen LogP contribution in [0.25, 0.3) is 0 Å². The normalized spacial score (nSPS) is 19.0. The molecule has 5 heteroatoms. The Kier molecular flexibility index (Phi) is 6.27. The summed E-state index contributed by atoms with van der Waals surface area (Å²) in [4.78, 5) is 12.3. The first kappa shape index (κ1) is 14.8. The Morgan fingerprint density at radius 3 is 2.53 bits per heavy atom. The summed E-state index contributed by atoms with van der Waals surface area (Å²) in [6.45, 7) is 4.03. The van der Waals surface area contributed by atoms with Gasteiger partial charge in [-0.1, -0.05) is 26.1 Å². The van der Waals surface area contributed by atoms with E-state index in [0.717, 1.165) is 12.8 Å². The minimum atomic E-state index is -0.171. The fourth-order valence-corrected chi connectivity index (χ4v) is 3.55. The van der Waals surface area contributed by atoms with Crippen molar-refractivity contribution in [2.75, 3.05) is 11.5 Å². The molecule has 1 saturated heterocycles. The Balaban J connectivity index is 2.38. The van der Waals surface area contributed by atoms with E-state index in [9.17, 15) is 4.79 Å². The van der Waals surface area contributed by atoms with E-state index in [1.165, 1.54) is 11.5 Å². The molecule has 0 aromatic heterocycles. The molecule has 98 valence electrons. The molecule has 3 N–H and O–H groups in total. The second-order valence-corrected chi connectivity index (χ2v) is 6.65. The highest BCUT2D eigenvalue weighted by Crippen LogP contribution is 2.25. The third-order valence-electron chi connectivity index (χ3n) is 3.10. The number of hydrogen-bond donors (Lipinski definition) is 2. The molecule has 0 bridgehead atoms. The van der Waals surface area contributed by atoms with Gasteiger partial charge in [0.25, 0.3) is 0 Å². The topological polar surface area (TPSA) is 55.1 Å². The first-order valence-electron chi connectivity index (χ1n) is 6.17. The molecule has 3 nitrogen and oxygen atoms in total. The lowest BCUT2D eigenvalue weighted by Crippen LogP contribution is -2.47. The SMILES string of the molecule is CC(C)C(NC(=O)CC1CCSCC1)C(N)=S. The maximum Gasteiger partial charge on any atom is 0.220 e. The fourth-order valence-electron chi connectivity index (χ4n) is 2.01. The Labute approximate surface area is 113 Å². The lowest BCUT2D eigenvalue weighted by atomic mass is 9.97. The maximum absolute atomic E-state index is 11.9. The molecule has 0 aromatic rings. The number of thiocarbonyl (C=S) groups is 1. The number of amides is 1. The lowest BCUT2D eigenvalue weighted by molar-refractivity contribution is -0.122. The second-order valence-electron chi connectivity index (χ2n) is 4.95. The lowest BCUT2D eigenvalue weighted by Gasteiger charge is -2.24. The van der Waals surface area contributed by atoms with Gasteiger partial charge < -0.3 is 11.1 Å². The van der Waals surface area contributed by atoms with E-state index >= 15 is 0 Å². The third kappa shape index (κ3) is 5.25. The molecular formula is C12H22N2OS2. The minimum absolute atomic E-state index is 0.0911. The Bertz CT molecular complexity index is 276. The van der Waals surface area contributed by atoms with Gasteiger partial charge in [0.05, 0.1) is 11.0 Å². The average molecular weight is 274 g/mol. The van der Waals surface area contributed by atoms with Crippen LogP contribution in [0.4, 0.5) is 0 Å². The van der Waals surface area contributed by atoms with Crippen LogP contribution in [0.3, 0.4) is 0 Å². The summed E-state index contributed by atoms with van der Waals surface area (Å²) in [6, 6.07) is -0.171. The quantitative estimate of drug-likeness (QED) is 0.752. The minimum Gasteiger partial charge on any atom is -0.392 e. The van der Waals surface area contributed by atoms with Gasteiger partial charge in [-0.05, 0) is 36.2 Å². The Morgan fingerprint density at radius 1 is 1.47 bits per heavy atom. The van der Waals surface area contributed by atoms with Crippen molar-refractivity contribution in [1.29, 1.82) is 0 Å². The van der Waals surface area contributed by atoms with Crippen molar-refractivity contribution in [2.45, 2.75) is 39.2 Å². The van der Waals surface area contributed by atoms with Crippen LogP contribution in [0.15, 0.2) is 0 Å². The predicted octanol–water partition coefficient (Wildman–Crippen LogP) is 1.95. The van der Waals surface area contributed by atoms with E-state index < -0.39 is 0 Å². The molecule has 1 unspecified atom stereocenters. The molecule has 0 spiro atoms. The molecule has 1 atom stereocenters. The summed E-state index contributed by atoms with van der Waals surface area (Å²) in [5.41, 5.74) is 5.63. The van der Waals surface area contributed by atoms with Gasteiger partial charge in [-0.3, -0.25) is 4.79 Å². The van der Waals surface area contributed by atoms with Crippen LogP contribution in [0.2, 0.25) is 0 Å². The number of carbonyl (C=O) groups is 1. The van der Waals surface area contributed by atoms with Gasteiger partial charge in [0.2, 0.25) is 5.91 Å². The van der Waals surface area contributed by atoms with E-state index in [0.29, 0.717) is 17.3 Å². The van der Waals surface area contributed by atoms with Crippen molar-refractivity contribution in [2.24, 2.45) is 17.6 Å². The van der Waals surface area contributed by atoms with Crippen molar-refractivity contribution >= 4 is 34.9 Å². The molecule has 1 aliphatic rings. The zero-order valence-electron chi connectivity index (χ0n) is 10.6. The fraction of sp³-hybridized carbons (Fsp3) is 0.833. The van der Waals surface area contributed by atoms with Crippen LogP contribution < -0.4 is 11.1 Å². The first-order valence-corrected chi connectivity index (χ1v) is 7.73. The molecule has 17 heavy (non-hydrogen) atoms. The maximum atomic E-state index is 11.9. The van der Waals surface area contributed by atoms with Crippen molar-refractivity contribution in [3.63, 3.8) is 0 Å². The second kappa shape index (κ2) is 7.21. The molecule has 0 aliphatic carbocycles. The highest BCUT2D eigenvalue weighted by molar-refractivity contribution is 7.99. The third-order valence-corrected chi connectivity index (χ3v) is 4.41. The summed E-state index contributed by atoms with van der Waals surface area (Å²) >= 11 is 6.95. The monoisotopic (exact) mass is 274 g/mol. The number of hydrogen-bond acceptors (Lipinski definition) is 3. The smallest absolute Gasteiger partial charge is 0.220 e. The van der Waals surface area contributed by atoms with Crippen molar-refractivity contribution in [3.05, 3.63) is 0 Å². The van der Waals surface area contributed by atoms with Gasteiger partial charge in [-0.2, -0.15) is 11.8 Å². The van der Waals surface area contributed by atoms with E-state index in [4.69, 9.17) is 18.0 Å². The predicted molar refractivity (Wildman–Crippen MR) is 78.2 cm³/mol. The highest BCUT2D eigenvalue weighted by Gasteiger charge is 2.22. The van der Waals surface area contributed by atoms with Crippen LogP contribution >= 0.6 is 24.0 Å². The van der Waals surface area contributed by atoms with Crippen LogP contribution in [-0.4, -0.2) is 28.4 Å². The van der Waals surface area contributed by atoms with E-state index in [1.807, 2.05) is 25.6 Å². The van der Waals surface area contributed by atoms with Gasteiger partial charge in [0.15, 0.2) is 0 Å². The summed E-state index contributed by atoms with van der Waals surface area (Å²) in [5.74, 6) is 3.24. The zero-order chi connectivity index (χ0) is 12.8. The molecule has 1 aliphatic heterocycles. The summed E-state index contributed by atoms with van der Waals surface area (Å²) in [6.07, 6.45) is 2.92. The first-order chi connectivity index (χ1) is 8.00. The van der Waals surface area contributed by atoms with E-state index in [1.54, 1.807) is 0 Å². The number of carbonyl (C=O) groups excluding carboxylic acids is 1. The van der Waals surface area contributed by atoms with E-state index in [-0.39, 0.29) is 17.9 Å². The van der Waals surface area contributed by atoms with Gasteiger partial charge in [0, 0.05) is 6.42 Å². The standard InChI is InChI=1S/C12H22N2OS2/c1-8(2)11(12(13)16)14-10(15)7-9-3-5-17-6-4-9/h8-9,11H,3-7H2,1-2H3,(H2,13,16)(H,14,15). The molecule has 1 fully saturated rings. The van der Waals surface area contributed by atoms with Gasteiger partial charge in [0.1, 0.15) is 0 Å². The molecule has 1 heterocycles. The van der Waals surface area contributed by atoms with Gasteiger partial charge in [-0.15, -0.1) is 0 Å². The van der Waals surface area contributed by atoms with Crippen molar-refractivity contribution < 1.29 is 4.79 Å². The average Bonchev–Trinajstić information content (AvgIpc) is 2.26. The molecule has 1 rings (SSSR count).